The van der Waals surface area contributed by atoms with Gasteiger partial charge in [0.25, 0.3) is 0 Å². The summed E-state index contributed by atoms with van der Waals surface area (Å²) in [5.74, 6) is -5.89. The second-order valence-corrected chi connectivity index (χ2v) is 9.75. The highest BCUT2D eigenvalue weighted by atomic mass is 32.2. The molecule has 0 aliphatic carbocycles. The van der Waals surface area contributed by atoms with Crippen molar-refractivity contribution < 1.29 is 61.2 Å². The molecule has 2 rings (SSSR count). The molecule has 0 bridgehead atoms. The van der Waals surface area contributed by atoms with Crippen LogP contribution in [0.15, 0.2) is 40.8 Å². The van der Waals surface area contributed by atoms with E-state index in [4.69, 9.17) is 34.9 Å². The lowest BCUT2D eigenvalue weighted by Crippen LogP contribution is -2.51. The number of amidine groups is 1. The molecule has 0 saturated heterocycles. The number of aliphatic carboxylic acids is 1. The fourth-order valence-corrected chi connectivity index (χ4v) is 3.82. The van der Waals surface area contributed by atoms with E-state index in [2.05, 4.69) is 0 Å². The summed E-state index contributed by atoms with van der Waals surface area (Å²) in [7, 11) is 0. The number of thioether (sulfide) groups is 1. The van der Waals surface area contributed by atoms with E-state index >= 15 is 0 Å². The monoisotopic (exact) mass is 618 g/mol. The minimum Gasteiger partial charge on any atom is -0.475 e. The average Bonchev–Trinajstić information content (AvgIpc) is 3.37. The number of carbonyl (C=O) groups excluding carboxylic acids is 4. The zero-order valence-electron chi connectivity index (χ0n) is 22.6. The number of ether oxygens (including phenoxy) is 2. The Morgan fingerprint density at radius 2 is 1.64 bits per heavy atom. The van der Waals surface area contributed by atoms with Crippen LogP contribution in [-0.2, 0) is 30.3 Å². The second kappa shape index (κ2) is 15.7. The zero-order valence-corrected chi connectivity index (χ0v) is 23.5. The van der Waals surface area contributed by atoms with E-state index in [1.807, 2.05) is 0 Å². The number of nitrogen functional groups attached to an aromatic ring is 1. The number of furan rings is 1. The van der Waals surface area contributed by atoms with Crippen molar-refractivity contribution in [2.24, 2.45) is 11.7 Å². The maximum absolute atomic E-state index is 13.0. The molecule has 5 N–H and O–H groups in total. The fraction of sp³-hybridized carbons (Fsp3) is 0.385. The van der Waals surface area contributed by atoms with Crippen molar-refractivity contribution in [2.75, 3.05) is 12.4 Å². The number of hydrogen-bond acceptors (Lipinski definition) is 11. The fourth-order valence-electron chi connectivity index (χ4n) is 3.19. The topological polar surface area (TPSA) is 207 Å². The van der Waals surface area contributed by atoms with Crippen molar-refractivity contribution >= 4 is 46.4 Å². The van der Waals surface area contributed by atoms with Crippen LogP contribution < -0.4 is 10.5 Å². The Labute approximate surface area is 241 Å². The summed E-state index contributed by atoms with van der Waals surface area (Å²) < 4.78 is 47.3. The van der Waals surface area contributed by atoms with Crippen LogP contribution >= 0.6 is 11.8 Å². The molecule has 1 heterocycles. The molecule has 2 atom stereocenters. The Bertz CT molecular complexity index is 1290. The Balaban J connectivity index is 0.00000112. The molecule has 0 aliphatic heterocycles. The summed E-state index contributed by atoms with van der Waals surface area (Å²) in [4.78, 5) is 58.7. The number of nitrogens with two attached hydrogens (primary N) is 1. The number of carbonyl (C=O) groups is 5. The summed E-state index contributed by atoms with van der Waals surface area (Å²) >= 11 is 0.891. The molecule has 1 aromatic carbocycles. The van der Waals surface area contributed by atoms with Crippen molar-refractivity contribution in [1.82, 2.24) is 0 Å². The molecule has 1 unspecified atom stereocenters. The number of rotatable bonds is 12. The van der Waals surface area contributed by atoms with E-state index in [9.17, 15) is 37.5 Å². The van der Waals surface area contributed by atoms with Crippen LogP contribution in [0.5, 0.6) is 5.75 Å². The molecule has 16 heteroatoms. The van der Waals surface area contributed by atoms with Crippen molar-refractivity contribution in [3.8, 4) is 5.75 Å². The largest absolute Gasteiger partial charge is 0.490 e. The van der Waals surface area contributed by atoms with Crippen LogP contribution in [-0.4, -0.2) is 69.0 Å². The van der Waals surface area contributed by atoms with Gasteiger partial charge in [-0.05, 0) is 49.1 Å². The van der Waals surface area contributed by atoms with Gasteiger partial charge in [0, 0.05) is 17.9 Å². The van der Waals surface area contributed by atoms with Crippen molar-refractivity contribution in [3.63, 3.8) is 0 Å². The molecule has 2 aromatic rings. The lowest BCUT2D eigenvalue weighted by Gasteiger charge is -2.26. The minimum absolute atomic E-state index is 0.0454. The van der Waals surface area contributed by atoms with E-state index in [1.165, 1.54) is 50.2 Å². The maximum Gasteiger partial charge on any atom is 0.490 e. The zero-order chi connectivity index (χ0) is 32.3. The normalized spacial score (nSPS) is 13.0. The molecule has 42 heavy (non-hydrogen) atoms. The number of benzene rings is 1. The molecule has 0 radical (unpaired) electrons. The van der Waals surface area contributed by atoms with E-state index in [0.717, 1.165) is 11.8 Å². The van der Waals surface area contributed by atoms with Crippen molar-refractivity contribution in [2.45, 2.75) is 45.4 Å². The number of halogens is 3. The second-order valence-electron chi connectivity index (χ2n) is 8.43. The SMILES string of the molecule is CCOC(=O)[C@](O)(CC(=O)SCC)C(=O)C(C)Cc1ccc(C(=O)Oc2ccc(C(=N)N)cc2)o1.O=C(O)C(F)(F)F. The Morgan fingerprint density at radius 3 is 2.12 bits per heavy atom. The Kier molecular flexibility index (Phi) is 13.4. The summed E-state index contributed by atoms with van der Waals surface area (Å²) in [5, 5.41) is 24.8. The summed E-state index contributed by atoms with van der Waals surface area (Å²) in [6.45, 7) is 4.66. The third-order valence-corrected chi connectivity index (χ3v) is 5.92. The minimum atomic E-state index is -5.08. The van der Waals surface area contributed by atoms with Crippen LogP contribution in [0.1, 0.15) is 49.1 Å². The van der Waals surface area contributed by atoms with Gasteiger partial charge in [-0.1, -0.05) is 25.6 Å². The number of carboxylic acids is 1. The number of hydrogen-bond donors (Lipinski definition) is 4. The molecule has 230 valence electrons. The lowest BCUT2D eigenvalue weighted by molar-refractivity contribution is -0.192. The molecule has 1 aromatic heterocycles. The van der Waals surface area contributed by atoms with E-state index < -0.39 is 52.9 Å². The molecule has 0 aliphatic rings. The standard InChI is InChI=1S/C24H28N2O8S.C2HF3O2/c1-4-32-23(30)24(31,13-19(27)35-5-2)20(28)14(3)12-17-10-11-18(33-17)22(29)34-16-8-6-15(7-9-16)21(25)26;3-2(4,5)1(6)7/h6-11,14,31H,4-5,12-13H2,1-3H3,(H3,25,26);(H,6,7)/t14?,24-;/m0./s1. The third-order valence-electron chi connectivity index (χ3n) is 5.16. The molecular formula is C26H29F3N2O10S. The molecule has 0 amide bonds. The van der Waals surface area contributed by atoms with Gasteiger partial charge in [-0.15, -0.1) is 0 Å². The van der Waals surface area contributed by atoms with Crippen molar-refractivity contribution in [1.29, 1.82) is 5.41 Å². The van der Waals surface area contributed by atoms with Gasteiger partial charge in [0.05, 0.1) is 13.0 Å². The van der Waals surface area contributed by atoms with Crippen LogP contribution in [0.25, 0.3) is 0 Å². The number of esters is 2. The van der Waals surface area contributed by atoms with E-state index in [1.54, 1.807) is 6.92 Å². The van der Waals surface area contributed by atoms with E-state index in [-0.39, 0.29) is 36.1 Å². The van der Waals surface area contributed by atoms with Gasteiger partial charge >= 0.3 is 24.1 Å². The molecular weight excluding hydrogens is 589 g/mol. The number of carboxylic acid groups (broad SMARTS) is 1. The van der Waals surface area contributed by atoms with Gasteiger partial charge in [0.2, 0.25) is 11.4 Å². The highest BCUT2D eigenvalue weighted by Crippen LogP contribution is 2.26. The van der Waals surface area contributed by atoms with Crippen molar-refractivity contribution in [3.05, 3.63) is 53.5 Å². The number of Topliss-reactive ketones (excluding diaryl/α,β-unsaturated/α-hetero) is 1. The number of nitrogens with one attached hydrogen (secondary N) is 1. The predicted octanol–water partition coefficient (Wildman–Crippen LogP) is 3.13. The summed E-state index contributed by atoms with van der Waals surface area (Å²) in [5.41, 5.74) is 3.25. The van der Waals surface area contributed by atoms with Crippen LogP contribution in [0.3, 0.4) is 0 Å². The van der Waals surface area contributed by atoms with Gasteiger partial charge in [-0.2, -0.15) is 13.2 Å². The smallest absolute Gasteiger partial charge is 0.475 e. The van der Waals surface area contributed by atoms with Crippen LogP contribution in [0.4, 0.5) is 13.2 Å². The summed E-state index contributed by atoms with van der Waals surface area (Å²) in [6, 6.07) is 8.86. The Hall–Kier alpha value is -4.18. The van der Waals surface area contributed by atoms with Gasteiger partial charge in [-0.3, -0.25) is 15.0 Å². The molecule has 0 spiro atoms. The van der Waals surface area contributed by atoms with Crippen LogP contribution in [0.2, 0.25) is 0 Å². The third kappa shape index (κ3) is 10.7. The highest BCUT2D eigenvalue weighted by molar-refractivity contribution is 8.13. The number of alkyl halides is 3. The molecule has 0 fully saturated rings. The highest BCUT2D eigenvalue weighted by Gasteiger charge is 2.48. The Morgan fingerprint density at radius 1 is 1.07 bits per heavy atom. The number of aliphatic hydroxyl groups is 1. The summed E-state index contributed by atoms with van der Waals surface area (Å²) in [6.07, 6.45) is -5.83. The maximum atomic E-state index is 13.0. The predicted molar refractivity (Wildman–Crippen MR) is 142 cm³/mol. The first-order valence-corrected chi connectivity index (χ1v) is 13.1. The number of ketones is 1. The van der Waals surface area contributed by atoms with Gasteiger partial charge < -0.3 is 29.8 Å². The average molecular weight is 619 g/mol. The van der Waals surface area contributed by atoms with E-state index in [0.29, 0.717) is 11.3 Å². The quantitative estimate of drug-likeness (QED) is 0.0890. The van der Waals surface area contributed by atoms with Gasteiger partial charge in [0.15, 0.2) is 10.9 Å². The molecule has 12 nitrogen and oxygen atoms in total. The van der Waals surface area contributed by atoms with Crippen LogP contribution in [0, 0.1) is 11.3 Å². The first kappa shape index (κ1) is 35.8. The lowest BCUT2D eigenvalue weighted by atomic mass is 9.85. The van der Waals surface area contributed by atoms with Gasteiger partial charge in [0.1, 0.15) is 17.3 Å². The first-order chi connectivity index (χ1) is 19.5. The molecule has 0 saturated carbocycles. The van der Waals surface area contributed by atoms with Gasteiger partial charge in [-0.25, -0.2) is 14.4 Å². The first-order valence-electron chi connectivity index (χ1n) is 12.1.